The third-order valence-electron chi connectivity index (χ3n) is 4.99. The van der Waals surface area contributed by atoms with Crippen LogP contribution in [0.1, 0.15) is 27.7 Å². The van der Waals surface area contributed by atoms with Gasteiger partial charge in [0.1, 0.15) is 5.82 Å². The molecule has 0 bridgehead atoms. The Balaban J connectivity index is 1.52. The maximum atomic E-state index is 5.52. The average Bonchev–Trinajstić information content (AvgIpc) is 3.09. The van der Waals surface area contributed by atoms with Crippen LogP contribution in [0.25, 0.3) is 0 Å². The lowest BCUT2D eigenvalue weighted by atomic mass is 10.2. The highest BCUT2D eigenvalue weighted by molar-refractivity contribution is 8.00. The standard InChI is InChI=1S/C22H27N5OS2/c1-15-5-4-6-18(24-15)13-23-21-12-20(27-7-9-28-10-8-27)11-19(26-21)14-29-22-25-16(2)17(3)30-22/h4-6,11-12H,7-10,13-14H2,1-3H3,(H,23,26). The van der Waals surface area contributed by atoms with Gasteiger partial charge in [-0.3, -0.25) is 4.98 Å². The Kier molecular flexibility index (Phi) is 6.86. The van der Waals surface area contributed by atoms with E-state index in [9.17, 15) is 0 Å². The van der Waals surface area contributed by atoms with E-state index in [0.29, 0.717) is 6.54 Å². The molecule has 6 nitrogen and oxygen atoms in total. The smallest absolute Gasteiger partial charge is 0.150 e. The molecule has 0 amide bonds. The Morgan fingerprint density at radius 3 is 2.63 bits per heavy atom. The van der Waals surface area contributed by atoms with Gasteiger partial charge >= 0.3 is 0 Å². The molecule has 0 saturated carbocycles. The van der Waals surface area contributed by atoms with Crippen molar-refractivity contribution in [2.45, 2.75) is 37.4 Å². The van der Waals surface area contributed by atoms with Gasteiger partial charge < -0.3 is 15.0 Å². The van der Waals surface area contributed by atoms with Crippen LogP contribution in [-0.2, 0) is 17.0 Å². The monoisotopic (exact) mass is 441 g/mol. The summed E-state index contributed by atoms with van der Waals surface area (Å²) < 4.78 is 6.62. The fourth-order valence-electron chi connectivity index (χ4n) is 3.26. The Morgan fingerprint density at radius 2 is 1.90 bits per heavy atom. The first-order valence-corrected chi connectivity index (χ1v) is 11.9. The highest BCUT2D eigenvalue weighted by atomic mass is 32.2. The number of rotatable bonds is 7. The van der Waals surface area contributed by atoms with Crippen LogP contribution in [-0.4, -0.2) is 41.3 Å². The highest BCUT2D eigenvalue weighted by Gasteiger charge is 2.14. The second kappa shape index (κ2) is 9.76. The van der Waals surface area contributed by atoms with Crippen LogP contribution in [0, 0.1) is 20.8 Å². The van der Waals surface area contributed by atoms with Crippen molar-refractivity contribution in [3.8, 4) is 0 Å². The summed E-state index contributed by atoms with van der Waals surface area (Å²) in [5.74, 6) is 1.67. The largest absolute Gasteiger partial charge is 0.378 e. The molecule has 3 aromatic rings. The molecule has 1 aliphatic rings. The fourth-order valence-corrected chi connectivity index (χ4v) is 5.31. The van der Waals surface area contributed by atoms with E-state index in [1.807, 2.05) is 25.1 Å². The lowest BCUT2D eigenvalue weighted by Gasteiger charge is -2.29. The van der Waals surface area contributed by atoms with Crippen LogP contribution in [0.15, 0.2) is 34.7 Å². The summed E-state index contributed by atoms with van der Waals surface area (Å²) in [7, 11) is 0. The molecule has 1 saturated heterocycles. The van der Waals surface area contributed by atoms with Crippen molar-refractivity contribution in [1.82, 2.24) is 15.0 Å². The molecule has 1 N–H and O–H groups in total. The van der Waals surface area contributed by atoms with Gasteiger partial charge in [-0.2, -0.15) is 0 Å². The van der Waals surface area contributed by atoms with E-state index >= 15 is 0 Å². The van der Waals surface area contributed by atoms with Crippen molar-refractivity contribution in [3.63, 3.8) is 0 Å². The second-order valence-corrected chi connectivity index (χ2v) is 9.76. The van der Waals surface area contributed by atoms with Crippen molar-refractivity contribution in [2.75, 3.05) is 36.5 Å². The van der Waals surface area contributed by atoms with E-state index < -0.39 is 0 Å². The summed E-state index contributed by atoms with van der Waals surface area (Å²) in [6.07, 6.45) is 0. The zero-order chi connectivity index (χ0) is 20.9. The van der Waals surface area contributed by atoms with Gasteiger partial charge in [0, 0.05) is 41.2 Å². The quantitative estimate of drug-likeness (QED) is 0.538. The normalized spacial score (nSPS) is 14.2. The molecule has 4 rings (SSSR count). The van der Waals surface area contributed by atoms with Crippen LogP contribution >= 0.6 is 23.1 Å². The van der Waals surface area contributed by atoms with Gasteiger partial charge in [0.05, 0.1) is 36.8 Å². The van der Waals surface area contributed by atoms with E-state index in [4.69, 9.17) is 9.72 Å². The van der Waals surface area contributed by atoms with Gasteiger partial charge in [-0.25, -0.2) is 9.97 Å². The highest BCUT2D eigenvalue weighted by Crippen LogP contribution is 2.30. The summed E-state index contributed by atoms with van der Waals surface area (Å²) in [6, 6.07) is 10.4. The van der Waals surface area contributed by atoms with Crippen molar-refractivity contribution in [2.24, 2.45) is 0 Å². The maximum Gasteiger partial charge on any atom is 0.150 e. The molecule has 0 radical (unpaired) electrons. The third kappa shape index (κ3) is 5.50. The predicted octanol–water partition coefficient (Wildman–Crippen LogP) is 4.60. The number of morpholine rings is 1. The molecule has 158 valence electrons. The zero-order valence-corrected chi connectivity index (χ0v) is 19.3. The van der Waals surface area contributed by atoms with Crippen molar-refractivity contribution < 1.29 is 4.74 Å². The number of nitrogens with zero attached hydrogens (tertiary/aromatic N) is 4. The number of hydrogen-bond acceptors (Lipinski definition) is 8. The predicted molar refractivity (Wildman–Crippen MR) is 125 cm³/mol. The summed E-state index contributed by atoms with van der Waals surface area (Å²) >= 11 is 3.50. The van der Waals surface area contributed by atoms with E-state index in [2.05, 4.69) is 46.2 Å². The van der Waals surface area contributed by atoms with Crippen molar-refractivity contribution >= 4 is 34.6 Å². The lowest BCUT2D eigenvalue weighted by molar-refractivity contribution is 0.122. The number of hydrogen-bond donors (Lipinski definition) is 1. The van der Waals surface area contributed by atoms with Crippen LogP contribution in [0.3, 0.4) is 0 Å². The maximum absolute atomic E-state index is 5.52. The molecule has 0 aliphatic carbocycles. The SMILES string of the molecule is Cc1cccc(CNc2cc(N3CCOCC3)cc(CSc3nc(C)c(C)s3)n2)n1. The molecule has 1 aliphatic heterocycles. The summed E-state index contributed by atoms with van der Waals surface area (Å²) in [6.45, 7) is 10.2. The second-order valence-electron chi connectivity index (χ2n) is 7.34. The van der Waals surface area contributed by atoms with Crippen LogP contribution < -0.4 is 10.2 Å². The summed E-state index contributed by atoms with van der Waals surface area (Å²) in [5.41, 5.74) is 5.39. The lowest BCUT2D eigenvalue weighted by Crippen LogP contribution is -2.36. The first kappa shape index (κ1) is 21.1. The van der Waals surface area contributed by atoms with Crippen LogP contribution in [0.4, 0.5) is 11.5 Å². The number of thioether (sulfide) groups is 1. The molecule has 30 heavy (non-hydrogen) atoms. The first-order valence-electron chi connectivity index (χ1n) is 10.1. The minimum atomic E-state index is 0.651. The number of nitrogens with one attached hydrogen (secondary N) is 1. The topological polar surface area (TPSA) is 63.2 Å². The fraction of sp³-hybridized carbons (Fsp3) is 0.409. The van der Waals surface area contributed by atoms with E-state index in [0.717, 1.165) is 65.0 Å². The number of aromatic nitrogens is 3. The Hall–Kier alpha value is -2.16. The molecule has 0 atom stereocenters. The number of thiazole rings is 1. The minimum absolute atomic E-state index is 0.651. The zero-order valence-electron chi connectivity index (χ0n) is 17.6. The molecule has 1 fully saturated rings. The van der Waals surface area contributed by atoms with Crippen molar-refractivity contribution in [1.29, 1.82) is 0 Å². The molecule has 4 heterocycles. The number of anilines is 2. The Morgan fingerprint density at radius 1 is 1.07 bits per heavy atom. The van der Waals surface area contributed by atoms with Gasteiger partial charge in [0.25, 0.3) is 0 Å². The van der Waals surface area contributed by atoms with Gasteiger partial charge in [0.2, 0.25) is 0 Å². The minimum Gasteiger partial charge on any atom is -0.378 e. The molecule has 8 heteroatoms. The number of pyridine rings is 2. The van der Waals surface area contributed by atoms with Crippen LogP contribution in [0.2, 0.25) is 0 Å². The van der Waals surface area contributed by atoms with Gasteiger partial charge in [-0.15, -0.1) is 11.3 Å². The molecule has 0 aromatic carbocycles. The molecule has 0 unspecified atom stereocenters. The Bertz CT molecular complexity index is 981. The van der Waals surface area contributed by atoms with E-state index in [1.54, 1.807) is 23.1 Å². The average molecular weight is 442 g/mol. The molecule has 3 aromatic heterocycles. The van der Waals surface area contributed by atoms with Crippen LogP contribution in [0.5, 0.6) is 0 Å². The summed E-state index contributed by atoms with van der Waals surface area (Å²) in [5, 5.41) is 3.47. The molecular formula is C22H27N5OS2. The Labute approximate surface area is 186 Å². The first-order chi connectivity index (χ1) is 14.6. The van der Waals surface area contributed by atoms with Crippen molar-refractivity contribution in [3.05, 3.63) is 58.0 Å². The number of ether oxygens (including phenoxy) is 1. The van der Waals surface area contributed by atoms with Gasteiger partial charge in [-0.05, 0) is 39.0 Å². The molecule has 0 spiro atoms. The summed E-state index contributed by atoms with van der Waals surface area (Å²) in [4.78, 5) is 17.7. The van der Waals surface area contributed by atoms with Gasteiger partial charge in [-0.1, -0.05) is 17.8 Å². The van der Waals surface area contributed by atoms with E-state index in [1.165, 1.54) is 10.6 Å². The molecular weight excluding hydrogens is 414 g/mol. The van der Waals surface area contributed by atoms with E-state index in [-0.39, 0.29) is 0 Å². The third-order valence-corrected chi connectivity index (χ3v) is 7.24. The number of aryl methyl sites for hydroxylation is 3. The van der Waals surface area contributed by atoms with Gasteiger partial charge in [0.15, 0.2) is 4.34 Å².